The van der Waals surface area contributed by atoms with Crippen LogP contribution in [-0.4, -0.2) is 62.3 Å². The minimum Gasteiger partial charge on any atom is -0.506 e. The van der Waals surface area contributed by atoms with Crippen molar-refractivity contribution >= 4 is 22.4 Å². The van der Waals surface area contributed by atoms with Crippen LogP contribution in [0.4, 0.5) is 0 Å². The number of allylic oxidation sites excluding steroid dienone is 3. The summed E-state index contributed by atoms with van der Waals surface area (Å²) in [6, 6.07) is 4.48. The fourth-order valence-electron chi connectivity index (χ4n) is 4.07. The lowest BCUT2D eigenvalue weighted by atomic mass is 10.1. The summed E-state index contributed by atoms with van der Waals surface area (Å²) in [5.41, 5.74) is 7.87. The van der Waals surface area contributed by atoms with Crippen molar-refractivity contribution in [3.8, 4) is 11.6 Å². The van der Waals surface area contributed by atoms with E-state index >= 15 is 0 Å². The van der Waals surface area contributed by atoms with Crippen molar-refractivity contribution in [3.05, 3.63) is 63.7 Å². The Hall–Kier alpha value is -3.92. The van der Waals surface area contributed by atoms with Gasteiger partial charge in [-0.25, -0.2) is 9.97 Å². The van der Waals surface area contributed by atoms with Crippen LogP contribution in [0, 0.1) is 5.41 Å². The van der Waals surface area contributed by atoms with E-state index in [-0.39, 0.29) is 28.5 Å². The monoisotopic (exact) mass is 463 g/mol. The maximum Gasteiger partial charge on any atom is 0.267 e. The second-order valence-electron chi connectivity index (χ2n) is 8.17. The molecule has 0 radical (unpaired) electrons. The SMILES string of the molecule is C/C=C\C=C(/c1cc(=O)n(CCN2CCCC2)[nH]1)c1nc2c(O)cc(C(=N)N)cc2nc1OC. The van der Waals surface area contributed by atoms with E-state index in [2.05, 4.69) is 20.0 Å². The van der Waals surface area contributed by atoms with E-state index < -0.39 is 0 Å². The van der Waals surface area contributed by atoms with Crippen molar-refractivity contribution in [2.45, 2.75) is 26.3 Å². The van der Waals surface area contributed by atoms with Gasteiger partial charge < -0.3 is 20.5 Å². The molecule has 5 N–H and O–H groups in total. The Bertz CT molecular complexity index is 1330. The first-order valence-electron chi connectivity index (χ1n) is 11.2. The zero-order valence-corrected chi connectivity index (χ0v) is 19.3. The molecule has 0 amide bonds. The number of benzene rings is 1. The maximum absolute atomic E-state index is 12.7. The molecule has 0 spiro atoms. The molecule has 10 nitrogen and oxygen atoms in total. The minimum atomic E-state index is -0.191. The van der Waals surface area contributed by atoms with Crippen LogP contribution in [0.15, 0.2) is 41.2 Å². The van der Waals surface area contributed by atoms with Gasteiger partial charge in [0.25, 0.3) is 5.56 Å². The van der Waals surface area contributed by atoms with Crippen LogP contribution in [0.3, 0.4) is 0 Å². The molecule has 0 aliphatic carbocycles. The number of ether oxygens (including phenoxy) is 1. The average molecular weight is 464 g/mol. The normalized spacial score (nSPS) is 14.9. The number of phenols is 1. The van der Waals surface area contributed by atoms with E-state index in [1.54, 1.807) is 10.7 Å². The molecule has 0 atom stereocenters. The molecular weight excluding hydrogens is 434 g/mol. The molecule has 3 heterocycles. The standard InChI is InChI=1S/C24H29N7O3/c1-3-4-7-16(17-14-20(33)31(29-17)11-10-30-8-5-6-9-30)21-24(34-2)27-18-12-15(23(25)26)13-19(32)22(18)28-21/h3-4,7,12-14,29,32H,5-6,8-11H2,1-2H3,(H3,25,26)/b4-3-,16-7+. The van der Waals surface area contributed by atoms with E-state index in [0.29, 0.717) is 34.6 Å². The third-order valence-corrected chi connectivity index (χ3v) is 5.85. The van der Waals surface area contributed by atoms with Crippen LogP contribution in [-0.2, 0) is 6.54 Å². The number of aromatic nitrogens is 4. The number of aromatic hydroxyl groups is 1. The van der Waals surface area contributed by atoms with Crippen LogP contribution < -0.4 is 16.0 Å². The molecule has 1 saturated heterocycles. The number of phenolic OH excluding ortho intramolecular Hbond substituents is 1. The summed E-state index contributed by atoms with van der Waals surface area (Å²) >= 11 is 0. The summed E-state index contributed by atoms with van der Waals surface area (Å²) in [5, 5.41) is 21.4. The molecule has 1 aliphatic heterocycles. The molecule has 0 bridgehead atoms. The summed E-state index contributed by atoms with van der Waals surface area (Å²) in [5.74, 6) is -0.126. The van der Waals surface area contributed by atoms with Crippen LogP contribution in [0.2, 0.25) is 0 Å². The van der Waals surface area contributed by atoms with E-state index in [4.69, 9.17) is 15.9 Å². The number of rotatable bonds is 8. The Balaban J connectivity index is 1.78. The number of amidine groups is 1. The van der Waals surface area contributed by atoms with Crippen molar-refractivity contribution in [2.75, 3.05) is 26.7 Å². The highest BCUT2D eigenvalue weighted by Gasteiger charge is 2.20. The number of nitrogens with one attached hydrogen (secondary N) is 2. The largest absolute Gasteiger partial charge is 0.506 e. The number of fused-ring (bicyclic) bond motifs is 1. The van der Waals surface area contributed by atoms with Gasteiger partial charge in [0.2, 0.25) is 5.88 Å². The second-order valence-corrected chi connectivity index (χ2v) is 8.17. The van der Waals surface area contributed by atoms with Gasteiger partial charge in [0.15, 0.2) is 0 Å². The summed E-state index contributed by atoms with van der Waals surface area (Å²) in [7, 11) is 1.48. The quantitative estimate of drug-likeness (QED) is 0.228. The summed E-state index contributed by atoms with van der Waals surface area (Å²) in [4.78, 5) is 24.2. The number of nitrogens with two attached hydrogens (primary N) is 1. The Labute approximate surface area is 196 Å². The van der Waals surface area contributed by atoms with Gasteiger partial charge in [-0.05, 0) is 45.0 Å². The molecule has 3 aromatic rings. The highest BCUT2D eigenvalue weighted by Crippen LogP contribution is 2.32. The van der Waals surface area contributed by atoms with Gasteiger partial charge in [0, 0.05) is 23.7 Å². The van der Waals surface area contributed by atoms with Crippen molar-refractivity contribution in [3.63, 3.8) is 0 Å². The lowest BCUT2D eigenvalue weighted by molar-refractivity contribution is 0.313. The molecule has 4 rings (SSSR count). The molecule has 10 heteroatoms. The van der Waals surface area contributed by atoms with Gasteiger partial charge in [-0.2, -0.15) is 0 Å². The van der Waals surface area contributed by atoms with Gasteiger partial charge in [-0.15, -0.1) is 0 Å². The highest BCUT2D eigenvalue weighted by atomic mass is 16.5. The molecule has 1 fully saturated rings. The Morgan fingerprint density at radius 1 is 1.26 bits per heavy atom. The predicted molar refractivity (Wildman–Crippen MR) is 131 cm³/mol. The van der Waals surface area contributed by atoms with Crippen molar-refractivity contribution in [1.29, 1.82) is 5.41 Å². The maximum atomic E-state index is 12.7. The first-order valence-corrected chi connectivity index (χ1v) is 11.2. The molecule has 178 valence electrons. The summed E-state index contributed by atoms with van der Waals surface area (Å²) in [6.45, 7) is 5.38. The Kier molecular flexibility index (Phi) is 6.78. The van der Waals surface area contributed by atoms with E-state index in [0.717, 1.165) is 19.6 Å². The number of nitrogens with zero attached hydrogens (tertiary/aromatic N) is 4. The van der Waals surface area contributed by atoms with Gasteiger partial charge in [0.1, 0.15) is 22.8 Å². The first-order chi connectivity index (χ1) is 16.4. The fourth-order valence-corrected chi connectivity index (χ4v) is 4.07. The third kappa shape index (κ3) is 4.72. The number of hydrogen-bond donors (Lipinski definition) is 4. The van der Waals surface area contributed by atoms with Gasteiger partial charge >= 0.3 is 0 Å². The van der Waals surface area contributed by atoms with E-state index in [9.17, 15) is 9.90 Å². The zero-order chi connectivity index (χ0) is 24.2. The molecular formula is C24H29N7O3. The first kappa shape index (κ1) is 23.2. The average Bonchev–Trinajstić information content (AvgIpc) is 3.47. The number of nitrogen functional groups attached to an aromatic ring is 1. The summed E-state index contributed by atoms with van der Waals surface area (Å²) in [6.07, 6.45) is 7.90. The highest BCUT2D eigenvalue weighted by molar-refractivity contribution is 6.00. The molecule has 2 aromatic heterocycles. The number of aromatic amines is 1. The van der Waals surface area contributed by atoms with E-state index in [1.165, 1.54) is 32.1 Å². The number of likely N-dealkylation sites (tertiary alicyclic amines) is 1. The molecule has 1 aromatic carbocycles. The predicted octanol–water partition coefficient (Wildman–Crippen LogP) is 2.22. The molecule has 0 saturated carbocycles. The minimum absolute atomic E-state index is 0.137. The van der Waals surface area contributed by atoms with Gasteiger partial charge in [0.05, 0.1) is 24.9 Å². The van der Waals surface area contributed by atoms with Crippen LogP contribution in [0.1, 0.15) is 36.7 Å². The van der Waals surface area contributed by atoms with Crippen molar-refractivity contribution in [1.82, 2.24) is 24.6 Å². The van der Waals surface area contributed by atoms with Crippen LogP contribution in [0.25, 0.3) is 16.6 Å². The lowest BCUT2D eigenvalue weighted by Gasteiger charge is -2.14. The Morgan fingerprint density at radius 2 is 2.03 bits per heavy atom. The van der Waals surface area contributed by atoms with Crippen molar-refractivity contribution in [2.24, 2.45) is 5.73 Å². The number of hydrogen-bond acceptors (Lipinski definition) is 7. The zero-order valence-electron chi connectivity index (χ0n) is 19.3. The number of methoxy groups -OCH3 is 1. The van der Waals surface area contributed by atoms with Crippen LogP contribution in [0.5, 0.6) is 11.6 Å². The van der Waals surface area contributed by atoms with Crippen molar-refractivity contribution < 1.29 is 9.84 Å². The smallest absolute Gasteiger partial charge is 0.267 e. The van der Waals surface area contributed by atoms with Gasteiger partial charge in [-0.3, -0.25) is 20.0 Å². The Morgan fingerprint density at radius 3 is 2.71 bits per heavy atom. The third-order valence-electron chi connectivity index (χ3n) is 5.85. The molecule has 34 heavy (non-hydrogen) atoms. The summed E-state index contributed by atoms with van der Waals surface area (Å²) < 4.78 is 7.11. The number of H-pyrrole nitrogens is 1. The lowest BCUT2D eigenvalue weighted by Crippen LogP contribution is -2.28. The molecule has 0 unspecified atom stereocenters. The second kappa shape index (κ2) is 9.92. The van der Waals surface area contributed by atoms with E-state index in [1.807, 2.05) is 25.2 Å². The van der Waals surface area contributed by atoms with Crippen LogP contribution >= 0.6 is 0 Å². The fraction of sp³-hybridized carbons (Fsp3) is 0.333. The molecule has 1 aliphatic rings. The topological polar surface area (TPSA) is 146 Å². The van der Waals surface area contributed by atoms with Gasteiger partial charge in [-0.1, -0.05) is 18.2 Å².